The minimum atomic E-state index is -0.194. The molecule has 1 aromatic heterocycles. The van der Waals surface area contributed by atoms with Crippen molar-refractivity contribution in [2.75, 3.05) is 7.05 Å². The van der Waals surface area contributed by atoms with Crippen molar-refractivity contribution in [2.24, 2.45) is 5.16 Å². The van der Waals surface area contributed by atoms with Gasteiger partial charge in [-0.3, -0.25) is 4.98 Å². The van der Waals surface area contributed by atoms with Gasteiger partial charge < -0.3 is 14.9 Å². The van der Waals surface area contributed by atoms with E-state index in [9.17, 15) is 4.79 Å². The van der Waals surface area contributed by atoms with Gasteiger partial charge in [0.15, 0.2) is 0 Å². The zero-order chi connectivity index (χ0) is 17.6. The van der Waals surface area contributed by atoms with Crippen molar-refractivity contribution in [3.8, 4) is 11.1 Å². The quantitative estimate of drug-likeness (QED) is 0.789. The van der Waals surface area contributed by atoms with Gasteiger partial charge in [0, 0.05) is 30.3 Å². The largest absolute Gasteiger partial charge is 0.392 e. The number of nitrogens with zero attached hydrogens (tertiary/aromatic N) is 2. The number of benzene rings is 1. The fourth-order valence-electron chi connectivity index (χ4n) is 2.91. The van der Waals surface area contributed by atoms with Crippen molar-refractivity contribution >= 4 is 12.0 Å². The van der Waals surface area contributed by atoms with E-state index in [0.717, 1.165) is 47.2 Å². The molecule has 0 saturated carbocycles. The van der Waals surface area contributed by atoms with Crippen LogP contribution < -0.4 is 5.32 Å². The monoisotopic (exact) mass is 337 g/mol. The van der Waals surface area contributed by atoms with Crippen LogP contribution >= 0.6 is 0 Å². The van der Waals surface area contributed by atoms with Crippen LogP contribution in [0, 0.1) is 0 Å². The number of aldehydes is 1. The molecule has 5 heteroatoms. The molecule has 1 aromatic carbocycles. The first kappa shape index (κ1) is 17.3. The molecule has 2 heterocycles. The molecule has 2 aromatic rings. The van der Waals surface area contributed by atoms with E-state index in [4.69, 9.17) is 4.84 Å². The van der Waals surface area contributed by atoms with E-state index in [-0.39, 0.29) is 12.1 Å². The Bertz CT molecular complexity index is 739. The highest BCUT2D eigenvalue weighted by Gasteiger charge is 2.24. The molecule has 25 heavy (non-hydrogen) atoms. The third-order valence-corrected chi connectivity index (χ3v) is 4.52. The van der Waals surface area contributed by atoms with E-state index < -0.39 is 0 Å². The molecule has 1 N–H and O–H groups in total. The SMILES string of the molecule is CCc1ccc(-c2ccc(C3=NOC(CC(C=O)NC)C3)cc2)cn1. The minimum Gasteiger partial charge on any atom is -0.392 e. The Morgan fingerprint density at radius 2 is 1.92 bits per heavy atom. The molecule has 0 spiro atoms. The average Bonchev–Trinajstić information content (AvgIpc) is 3.15. The van der Waals surface area contributed by atoms with Crippen molar-refractivity contribution in [1.29, 1.82) is 0 Å². The third-order valence-electron chi connectivity index (χ3n) is 4.52. The van der Waals surface area contributed by atoms with Crippen molar-refractivity contribution in [2.45, 2.75) is 38.3 Å². The van der Waals surface area contributed by atoms with E-state index >= 15 is 0 Å². The van der Waals surface area contributed by atoms with Crippen molar-refractivity contribution < 1.29 is 9.63 Å². The number of hydrogen-bond donors (Lipinski definition) is 1. The normalized spacial score (nSPS) is 17.7. The molecule has 0 bridgehead atoms. The molecule has 5 nitrogen and oxygen atoms in total. The lowest BCUT2D eigenvalue weighted by Gasteiger charge is -2.12. The molecule has 0 radical (unpaired) electrons. The number of oxime groups is 1. The maximum atomic E-state index is 10.9. The molecule has 0 fully saturated rings. The Balaban J connectivity index is 1.65. The summed E-state index contributed by atoms with van der Waals surface area (Å²) in [5, 5.41) is 7.16. The van der Waals surface area contributed by atoms with Gasteiger partial charge in [-0.05, 0) is 30.7 Å². The Hall–Kier alpha value is -2.53. The van der Waals surface area contributed by atoms with Crippen LogP contribution in [-0.4, -0.2) is 36.2 Å². The van der Waals surface area contributed by atoms with Gasteiger partial charge in [-0.15, -0.1) is 0 Å². The molecule has 1 aliphatic rings. The molecule has 1 aliphatic heterocycles. The van der Waals surface area contributed by atoms with Crippen LogP contribution in [0.25, 0.3) is 11.1 Å². The van der Waals surface area contributed by atoms with Crippen molar-refractivity contribution in [1.82, 2.24) is 10.3 Å². The third kappa shape index (κ3) is 4.12. The van der Waals surface area contributed by atoms with Gasteiger partial charge in [-0.1, -0.05) is 42.4 Å². The summed E-state index contributed by atoms with van der Waals surface area (Å²) in [5.74, 6) is 0. The zero-order valence-corrected chi connectivity index (χ0v) is 14.6. The van der Waals surface area contributed by atoms with Crippen LogP contribution in [-0.2, 0) is 16.1 Å². The van der Waals surface area contributed by atoms with E-state index in [2.05, 4.69) is 58.8 Å². The Morgan fingerprint density at radius 1 is 1.20 bits per heavy atom. The van der Waals surface area contributed by atoms with Gasteiger partial charge >= 0.3 is 0 Å². The van der Waals surface area contributed by atoms with Gasteiger partial charge in [0.2, 0.25) is 0 Å². The van der Waals surface area contributed by atoms with Crippen molar-refractivity contribution in [3.05, 3.63) is 53.9 Å². The number of pyridine rings is 1. The van der Waals surface area contributed by atoms with Gasteiger partial charge in [-0.25, -0.2) is 0 Å². The predicted molar refractivity (Wildman–Crippen MR) is 98.6 cm³/mol. The summed E-state index contributed by atoms with van der Waals surface area (Å²) < 4.78 is 0. The van der Waals surface area contributed by atoms with Crippen LogP contribution in [0.4, 0.5) is 0 Å². The Labute approximate surface area is 148 Å². The molecular weight excluding hydrogens is 314 g/mol. The lowest BCUT2D eigenvalue weighted by molar-refractivity contribution is -0.110. The second kappa shape index (κ2) is 8.03. The van der Waals surface area contributed by atoms with Crippen LogP contribution in [0.15, 0.2) is 47.8 Å². The van der Waals surface area contributed by atoms with E-state index in [0.29, 0.717) is 6.42 Å². The smallest absolute Gasteiger partial charge is 0.137 e. The first-order chi connectivity index (χ1) is 12.2. The number of hydrogen-bond acceptors (Lipinski definition) is 5. The maximum absolute atomic E-state index is 10.9. The fraction of sp³-hybridized carbons (Fsp3) is 0.350. The van der Waals surface area contributed by atoms with Crippen LogP contribution in [0.5, 0.6) is 0 Å². The number of nitrogens with one attached hydrogen (secondary N) is 1. The summed E-state index contributed by atoms with van der Waals surface area (Å²) >= 11 is 0. The first-order valence-corrected chi connectivity index (χ1v) is 8.64. The van der Waals surface area contributed by atoms with E-state index in [1.165, 1.54) is 0 Å². The highest BCUT2D eigenvalue weighted by Crippen LogP contribution is 2.23. The fourth-order valence-corrected chi connectivity index (χ4v) is 2.91. The molecule has 2 atom stereocenters. The van der Waals surface area contributed by atoms with Gasteiger partial charge in [0.25, 0.3) is 0 Å². The van der Waals surface area contributed by atoms with Crippen LogP contribution in [0.1, 0.15) is 31.0 Å². The number of aromatic nitrogens is 1. The summed E-state index contributed by atoms with van der Waals surface area (Å²) in [6.45, 7) is 2.10. The molecule has 0 aliphatic carbocycles. The van der Waals surface area contributed by atoms with E-state index in [1.807, 2.05) is 6.20 Å². The van der Waals surface area contributed by atoms with E-state index in [1.54, 1.807) is 7.05 Å². The van der Waals surface area contributed by atoms with Gasteiger partial charge in [-0.2, -0.15) is 0 Å². The highest BCUT2D eigenvalue weighted by atomic mass is 16.6. The summed E-state index contributed by atoms with van der Waals surface area (Å²) in [6, 6.07) is 12.2. The lowest BCUT2D eigenvalue weighted by Crippen LogP contribution is -2.31. The molecule has 0 saturated heterocycles. The standard InChI is InChI=1S/C20H23N3O2/c1-3-17-9-8-16(12-22-17)14-4-6-15(7-5-14)20-11-19(25-23-20)10-18(13-24)21-2/h4-9,12-13,18-19,21H,3,10-11H2,1-2H3. The van der Waals surface area contributed by atoms with Gasteiger partial charge in [0.1, 0.15) is 12.4 Å². The molecule has 2 unspecified atom stereocenters. The Kier molecular flexibility index (Phi) is 5.56. The molecule has 0 amide bonds. The lowest BCUT2D eigenvalue weighted by atomic mass is 9.99. The summed E-state index contributed by atoms with van der Waals surface area (Å²) in [5.41, 5.74) is 5.31. The Morgan fingerprint density at radius 3 is 2.52 bits per heavy atom. The number of rotatable bonds is 7. The zero-order valence-electron chi connectivity index (χ0n) is 14.6. The number of aryl methyl sites for hydroxylation is 1. The highest BCUT2D eigenvalue weighted by molar-refractivity contribution is 6.01. The second-order valence-electron chi connectivity index (χ2n) is 6.21. The number of carbonyl (C=O) groups is 1. The maximum Gasteiger partial charge on any atom is 0.137 e. The van der Waals surface area contributed by atoms with Crippen molar-refractivity contribution in [3.63, 3.8) is 0 Å². The summed E-state index contributed by atoms with van der Waals surface area (Å²) in [6.07, 6.45) is 5.06. The molecule has 130 valence electrons. The minimum absolute atomic E-state index is 0.0527. The molecular formula is C20H23N3O2. The average molecular weight is 337 g/mol. The van der Waals surface area contributed by atoms with Crippen LogP contribution in [0.3, 0.4) is 0 Å². The topological polar surface area (TPSA) is 63.6 Å². The van der Waals surface area contributed by atoms with Gasteiger partial charge in [0.05, 0.1) is 11.8 Å². The first-order valence-electron chi connectivity index (χ1n) is 8.64. The summed E-state index contributed by atoms with van der Waals surface area (Å²) in [7, 11) is 1.77. The number of likely N-dealkylation sites (N-methyl/N-ethyl adjacent to an activating group) is 1. The number of carbonyl (C=O) groups excluding carboxylic acids is 1. The summed E-state index contributed by atoms with van der Waals surface area (Å²) in [4.78, 5) is 20.8. The molecule has 3 rings (SSSR count). The second-order valence-corrected chi connectivity index (χ2v) is 6.21. The predicted octanol–water partition coefficient (Wildman–Crippen LogP) is 2.98. The van der Waals surface area contributed by atoms with Crippen LogP contribution in [0.2, 0.25) is 0 Å².